The van der Waals surface area contributed by atoms with Gasteiger partial charge in [-0.05, 0) is 33.9 Å². The zero-order valence-corrected chi connectivity index (χ0v) is 14.0. The van der Waals surface area contributed by atoms with Gasteiger partial charge in [-0.3, -0.25) is 4.79 Å². The molecule has 6 heteroatoms. The molecule has 5 nitrogen and oxygen atoms in total. The van der Waals surface area contributed by atoms with Gasteiger partial charge in [-0.15, -0.1) is 11.3 Å². The summed E-state index contributed by atoms with van der Waals surface area (Å²) < 4.78 is 4.95. The molecule has 2 rings (SSSR count). The lowest BCUT2D eigenvalue weighted by Crippen LogP contribution is -2.37. The first-order valence-corrected chi connectivity index (χ1v) is 8.53. The molecular weight excluding hydrogens is 286 g/mol. The fourth-order valence-electron chi connectivity index (χ4n) is 2.66. The van der Waals surface area contributed by atoms with Crippen LogP contribution in [-0.4, -0.2) is 55.2 Å². The van der Waals surface area contributed by atoms with Crippen LogP contribution >= 0.6 is 11.3 Å². The van der Waals surface area contributed by atoms with Crippen LogP contribution in [0.2, 0.25) is 0 Å². The fourth-order valence-corrected chi connectivity index (χ4v) is 3.65. The number of hydrogen-bond donors (Lipinski definition) is 0. The molecule has 1 aliphatic rings. The van der Waals surface area contributed by atoms with Crippen molar-refractivity contribution < 1.29 is 9.53 Å². The highest BCUT2D eigenvalue weighted by molar-refractivity contribution is 7.13. The Morgan fingerprint density at radius 1 is 1.52 bits per heavy atom. The molecule has 0 spiro atoms. The van der Waals surface area contributed by atoms with Gasteiger partial charge in [0.25, 0.3) is 0 Å². The van der Waals surface area contributed by atoms with Crippen molar-refractivity contribution in [3.05, 3.63) is 11.1 Å². The number of carbonyl (C=O) groups excluding carboxylic acids is 1. The standard InChI is InChI=1S/C15H25N3O2S/c1-4-20-14(19)7-6-13-11-21-15(16-13)18-9-5-8-17(3)10-12(18)2/h11-12H,4-10H2,1-3H3. The van der Waals surface area contributed by atoms with Crippen molar-refractivity contribution >= 4 is 22.4 Å². The number of thiazole rings is 1. The first-order chi connectivity index (χ1) is 10.1. The molecule has 1 aliphatic heterocycles. The van der Waals surface area contributed by atoms with Gasteiger partial charge in [0.2, 0.25) is 0 Å². The quantitative estimate of drug-likeness (QED) is 0.780. The number of rotatable bonds is 5. The van der Waals surface area contributed by atoms with Crippen LogP contribution in [0.3, 0.4) is 0 Å². The van der Waals surface area contributed by atoms with Crippen molar-refractivity contribution in [1.82, 2.24) is 9.88 Å². The van der Waals surface area contributed by atoms with Gasteiger partial charge in [0.05, 0.1) is 18.7 Å². The van der Waals surface area contributed by atoms with Crippen LogP contribution in [0.1, 0.15) is 32.4 Å². The number of aromatic nitrogens is 1. The van der Waals surface area contributed by atoms with Gasteiger partial charge in [-0.25, -0.2) is 4.98 Å². The molecule has 0 radical (unpaired) electrons. The number of likely N-dealkylation sites (N-methyl/N-ethyl adjacent to an activating group) is 1. The highest BCUT2D eigenvalue weighted by Crippen LogP contribution is 2.25. The number of carbonyl (C=O) groups is 1. The Bertz CT molecular complexity index is 464. The molecule has 118 valence electrons. The van der Waals surface area contributed by atoms with Gasteiger partial charge in [-0.2, -0.15) is 0 Å². The Hall–Kier alpha value is -1.14. The van der Waals surface area contributed by atoms with Gasteiger partial charge < -0.3 is 14.5 Å². The molecule has 1 aromatic rings. The Balaban J connectivity index is 1.94. The van der Waals surface area contributed by atoms with E-state index in [9.17, 15) is 4.79 Å². The van der Waals surface area contributed by atoms with Crippen molar-refractivity contribution in [2.75, 3.05) is 38.2 Å². The molecule has 0 aromatic carbocycles. The highest BCUT2D eigenvalue weighted by Gasteiger charge is 2.22. The average molecular weight is 311 g/mol. The predicted octanol–water partition coefficient (Wildman–Crippen LogP) is 2.17. The second-order valence-corrected chi connectivity index (χ2v) is 6.42. The van der Waals surface area contributed by atoms with Gasteiger partial charge in [-0.1, -0.05) is 0 Å². The highest BCUT2D eigenvalue weighted by atomic mass is 32.1. The van der Waals surface area contributed by atoms with Gasteiger partial charge in [0.1, 0.15) is 0 Å². The lowest BCUT2D eigenvalue weighted by molar-refractivity contribution is -0.143. The molecule has 0 bridgehead atoms. The molecular formula is C15H25N3O2S. The molecule has 0 amide bonds. The van der Waals surface area contributed by atoms with Crippen LogP contribution in [0, 0.1) is 0 Å². The maximum absolute atomic E-state index is 11.4. The van der Waals surface area contributed by atoms with E-state index in [4.69, 9.17) is 9.72 Å². The Kier molecular flexibility index (Phi) is 5.99. The molecule has 1 unspecified atom stereocenters. The third kappa shape index (κ3) is 4.68. The minimum Gasteiger partial charge on any atom is -0.466 e. The third-order valence-corrected chi connectivity index (χ3v) is 4.65. The SMILES string of the molecule is CCOC(=O)CCc1csc(N2CCCN(C)CC2C)n1. The molecule has 0 N–H and O–H groups in total. The minimum absolute atomic E-state index is 0.142. The van der Waals surface area contributed by atoms with E-state index in [0.717, 1.165) is 30.5 Å². The molecule has 2 heterocycles. The summed E-state index contributed by atoms with van der Waals surface area (Å²) in [6.45, 7) is 7.79. The van der Waals surface area contributed by atoms with E-state index in [2.05, 4.69) is 29.2 Å². The summed E-state index contributed by atoms with van der Waals surface area (Å²) in [6, 6.07) is 0.474. The molecule has 1 atom stereocenters. The van der Waals surface area contributed by atoms with Gasteiger partial charge in [0.15, 0.2) is 5.13 Å². The van der Waals surface area contributed by atoms with E-state index in [0.29, 0.717) is 25.5 Å². The van der Waals surface area contributed by atoms with Crippen molar-refractivity contribution in [3.8, 4) is 0 Å². The summed E-state index contributed by atoms with van der Waals surface area (Å²) in [5.74, 6) is -0.142. The van der Waals surface area contributed by atoms with Gasteiger partial charge in [0, 0.05) is 30.9 Å². The summed E-state index contributed by atoms with van der Waals surface area (Å²) in [6.07, 6.45) is 2.24. The van der Waals surface area contributed by atoms with Crippen molar-refractivity contribution in [2.45, 2.75) is 39.2 Å². The van der Waals surface area contributed by atoms with Gasteiger partial charge >= 0.3 is 5.97 Å². The van der Waals surface area contributed by atoms with E-state index in [-0.39, 0.29) is 5.97 Å². The number of anilines is 1. The lowest BCUT2D eigenvalue weighted by Gasteiger charge is -2.27. The number of ether oxygens (including phenoxy) is 1. The smallest absolute Gasteiger partial charge is 0.306 e. The van der Waals surface area contributed by atoms with Crippen LogP contribution in [0.4, 0.5) is 5.13 Å². The third-order valence-electron chi connectivity index (χ3n) is 3.72. The molecule has 1 aromatic heterocycles. The molecule has 0 aliphatic carbocycles. The topological polar surface area (TPSA) is 45.7 Å². The Labute approximate surface area is 130 Å². The van der Waals surface area contributed by atoms with E-state index < -0.39 is 0 Å². The van der Waals surface area contributed by atoms with Crippen LogP contribution in [-0.2, 0) is 16.0 Å². The van der Waals surface area contributed by atoms with Crippen LogP contribution in [0.5, 0.6) is 0 Å². The molecule has 21 heavy (non-hydrogen) atoms. The number of hydrogen-bond acceptors (Lipinski definition) is 6. The van der Waals surface area contributed by atoms with Crippen LogP contribution in [0.15, 0.2) is 5.38 Å². The second-order valence-electron chi connectivity index (χ2n) is 5.58. The lowest BCUT2D eigenvalue weighted by atomic mass is 10.2. The summed E-state index contributed by atoms with van der Waals surface area (Å²) >= 11 is 1.68. The summed E-state index contributed by atoms with van der Waals surface area (Å²) in [7, 11) is 2.17. The van der Waals surface area contributed by atoms with Crippen LogP contribution in [0.25, 0.3) is 0 Å². The van der Waals surface area contributed by atoms with E-state index >= 15 is 0 Å². The maximum Gasteiger partial charge on any atom is 0.306 e. The van der Waals surface area contributed by atoms with Crippen molar-refractivity contribution in [1.29, 1.82) is 0 Å². The minimum atomic E-state index is -0.142. The zero-order valence-electron chi connectivity index (χ0n) is 13.2. The van der Waals surface area contributed by atoms with Crippen LogP contribution < -0.4 is 4.90 Å². The normalized spacial score (nSPS) is 20.3. The van der Waals surface area contributed by atoms with E-state index in [1.54, 1.807) is 11.3 Å². The van der Waals surface area contributed by atoms with E-state index in [1.165, 1.54) is 6.42 Å². The zero-order chi connectivity index (χ0) is 15.2. The molecule has 0 saturated carbocycles. The monoisotopic (exact) mass is 311 g/mol. The summed E-state index contributed by atoms with van der Waals surface area (Å²) in [5.41, 5.74) is 0.993. The van der Waals surface area contributed by atoms with Crippen molar-refractivity contribution in [2.24, 2.45) is 0 Å². The summed E-state index contributed by atoms with van der Waals surface area (Å²) in [4.78, 5) is 20.9. The largest absolute Gasteiger partial charge is 0.466 e. The molecule has 1 saturated heterocycles. The number of esters is 1. The summed E-state index contributed by atoms with van der Waals surface area (Å²) in [5, 5.41) is 3.15. The maximum atomic E-state index is 11.4. The Morgan fingerprint density at radius 2 is 2.33 bits per heavy atom. The van der Waals surface area contributed by atoms with E-state index in [1.807, 2.05) is 6.92 Å². The first-order valence-electron chi connectivity index (χ1n) is 7.65. The number of aryl methyl sites for hydroxylation is 1. The predicted molar refractivity (Wildman–Crippen MR) is 86.0 cm³/mol. The number of nitrogens with zero attached hydrogens (tertiary/aromatic N) is 3. The fraction of sp³-hybridized carbons (Fsp3) is 0.733. The van der Waals surface area contributed by atoms with Crippen molar-refractivity contribution in [3.63, 3.8) is 0 Å². The average Bonchev–Trinajstić information content (AvgIpc) is 2.83. The first kappa shape index (κ1) is 16.2. The second kappa shape index (κ2) is 7.75. The molecule has 1 fully saturated rings. The Morgan fingerprint density at radius 3 is 3.10 bits per heavy atom.